The number of piperidine rings is 1. The number of Topliss-reactive ketones (excluding diaryl/α,β-unsaturated/α-hetero) is 1. The summed E-state index contributed by atoms with van der Waals surface area (Å²) in [5.74, 6) is 0.473. The Morgan fingerprint density at radius 3 is 2.59 bits per heavy atom. The van der Waals surface area contributed by atoms with Crippen LogP contribution in [0.3, 0.4) is 0 Å². The smallest absolute Gasteiger partial charge is 0.276 e. The monoisotopic (exact) mass is 389 g/mol. The Morgan fingerprint density at radius 2 is 1.90 bits per heavy atom. The number of carbonyl (C=O) groups is 2. The Morgan fingerprint density at radius 1 is 1.10 bits per heavy atom. The SMILES string of the molecule is Cc1ccc(C(=O)C2CCN(C(=O)c3cc(-c4cccnc4)on3)CC2)c(C)c1. The number of nitrogens with zero attached hydrogens (tertiary/aromatic N) is 3. The Labute approximate surface area is 169 Å². The molecule has 0 atom stereocenters. The van der Waals surface area contributed by atoms with E-state index in [9.17, 15) is 9.59 Å². The van der Waals surface area contributed by atoms with Crippen LogP contribution in [-0.4, -0.2) is 39.8 Å². The molecule has 148 valence electrons. The average molecular weight is 389 g/mol. The first-order chi connectivity index (χ1) is 14.0. The van der Waals surface area contributed by atoms with Crippen molar-refractivity contribution in [1.29, 1.82) is 0 Å². The molecule has 1 amide bonds. The molecular weight excluding hydrogens is 366 g/mol. The average Bonchev–Trinajstić information content (AvgIpc) is 3.24. The Kier molecular flexibility index (Phi) is 5.25. The highest BCUT2D eigenvalue weighted by molar-refractivity contribution is 5.99. The van der Waals surface area contributed by atoms with Crippen molar-refractivity contribution in [2.45, 2.75) is 26.7 Å². The standard InChI is InChI=1S/C23H23N3O3/c1-15-5-6-19(16(2)12-15)22(27)17-7-10-26(11-8-17)23(28)20-13-21(29-25-20)18-4-3-9-24-14-18/h3-6,9,12-14,17H,7-8,10-11H2,1-2H3. The van der Waals surface area contributed by atoms with E-state index in [1.807, 2.05) is 38.1 Å². The molecule has 1 saturated heterocycles. The molecule has 0 spiro atoms. The topological polar surface area (TPSA) is 76.3 Å². The number of pyridine rings is 1. The lowest BCUT2D eigenvalue weighted by Crippen LogP contribution is -2.40. The summed E-state index contributed by atoms with van der Waals surface area (Å²) in [5.41, 5.74) is 4.01. The van der Waals surface area contributed by atoms with E-state index in [0.29, 0.717) is 31.7 Å². The number of amides is 1. The van der Waals surface area contributed by atoms with E-state index in [0.717, 1.165) is 22.3 Å². The van der Waals surface area contributed by atoms with Crippen molar-refractivity contribution in [3.63, 3.8) is 0 Å². The van der Waals surface area contributed by atoms with Gasteiger partial charge in [-0.15, -0.1) is 0 Å². The van der Waals surface area contributed by atoms with Crippen LogP contribution in [-0.2, 0) is 0 Å². The van der Waals surface area contributed by atoms with Crippen LogP contribution in [0.5, 0.6) is 0 Å². The lowest BCUT2D eigenvalue weighted by Gasteiger charge is -2.31. The fraction of sp³-hybridized carbons (Fsp3) is 0.304. The van der Waals surface area contributed by atoms with Gasteiger partial charge in [-0.25, -0.2) is 0 Å². The molecule has 6 heteroatoms. The number of rotatable bonds is 4. The van der Waals surface area contributed by atoms with Crippen LogP contribution >= 0.6 is 0 Å². The number of likely N-dealkylation sites (tertiary alicyclic amines) is 1. The molecule has 0 unspecified atom stereocenters. The van der Waals surface area contributed by atoms with E-state index in [1.165, 1.54) is 0 Å². The van der Waals surface area contributed by atoms with Gasteiger partial charge in [-0.05, 0) is 44.4 Å². The normalized spacial score (nSPS) is 14.8. The second-order valence-electron chi connectivity index (χ2n) is 7.57. The number of carbonyl (C=O) groups excluding carboxylic acids is 2. The van der Waals surface area contributed by atoms with Crippen molar-refractivity contribution in [3.8, 4) is 11.3 Å². The van der Waals surface area contributed by atoms with Crippen LogP contribution in [0, 0.1) is 19.8 Å². The molecule has 29 heavy (non-hydrogen) atoms. The molecule has 0 bridgehead atoms. The highest BCUT2D eigenvalue weighted by Crippen LogP contribution is 2.26. The molecule has 1 aliphatic rings. The minimum absolute atomic E-state index is 0.0521. The van der Waals surface area contributed by atoms with Gasteiger partial charge in [0.15, 0.2) is 17.2 Å². The van der Waals surface area contributed by atoms with Gasteiger partial charge in [0.2, 0.25) is 0 Å². The number of aryl methyl sites for hydroxylation is 2. The molecule has 0 radical (unpaired) electrons. The lowest BCUT2D eigenvalue weighted by molar-refractivity contribution is 0.0642. The summed E-state index contributed by atoms with van der Waals surface area (Å²) in [7, 11) is 0. The zero-order valence-corrected chi connectivity index (χ0v) is 16.6. The molecule has 0 aliphatic carbocycles. The van der Waals surface area contributed by atoms with E-state index in [4.69, 9.17) is 4.52 Å². The Hall–Kier alpha value is -3.28. The van der Waals surface area contributed by atoms with E-state index in [2.05, 4.69) is 10.1 Å². The Balaban J connectivity index is 1.40. The highest BCUT2D eigenvalue weighted by Gasteiger charge is 2.30. The van der Waals surface area contributed by atoms with Crippen LogP contribution < -0.4 is 0 Å². The maximum Gasteiger partial charge on any atom is 0.276 e. The van der Waals surface area contributed by atoms with Gasteiger partial charge in [-0.3, -0.25) is 14.6 Å². The van der Waals surface area contributed by atoms with E-state index >= 15 is 0 Å². The van der Waals surface area contributed by atoms with Gasteiger partial charge in [0, 0.05) is 48.6 Å². The van der Waals surface area contributed by atoms with Gasteiger partial charge < -0.3 is 9.42 Å². The van der Waals surface area contributed by atoms with Gasteiger partial charge >= 0.3 is 0 Å². The number of hydrogen-bond acceptors (Lipinski definition) is 5. The molecule has 2 aromatic heterocycles. The highest BCUT2D eigenvalue weighted by atomic mass is 16.5. The summed E-state index contributed by atoms with van der Waals surface area (Å²) < 4.78 is 5.31. The maximum atomic E-state index is 12.9. The minimum atomic E-state index is -0.165. The fourth-order valence-electron chi connectivity index (χ4n) is 3.84. The molecule has 1 aromatic carbocycles. The Bertz CT molecular complexity index is 1030. The van der Waals surface area contributed by atoms with Crippen molar-refractivity contribution < 1.29 is 14.1 Å². The quantitative estimate of drug-likeness (QED) is 0.628. The van der Waals surface area contributed by atoms with E-state index < -0.39 is 0 Å². The van der Waals surface area contributed by atoms with Crippen LogP contribution in [0.15, 0.2) is 53.3 Å². The minimum Gasteiger partial charge on any atom is -0.355 e. The van der Waals surface area contributed by atoms with Crippen LogP contribution in [0.4, 0.5) is 0 Å². The zero-order chi connectivity index (χ0) is 20.4. The largest absolute Gasteiger partial charge is 0.355 e. The van der Waals surface area contributed by atoms with Crippen molar-refractivity contribution >= 4 is 11.7 Å². The first kappa shape index (κ1) is 19.1. The molecule has 1 fully saturated rings. The summed E-state index contributed by atoms with van der Waals surface area (Å²) in [5, 5.41) is 3.93. The summed E-state index contributed by atoms with van der Waals surface area (Å²) in [6.07, 6.45) is 4.66. The first-order valence-corrected chi connectivity index (χ1v) is 9.81. The number of benzene rings is 1. The molecule has 0 N–H and O–H groups in total. The number of aromatic nitrogens is 2. The summed E-state index contributed by atoms with van der Waals surface area (Å²) in [4.78, 5) is 31.5. The van der Waals surface area contributed by atoms with Crippen molar-refractivity contribution in [2.75, 3.05) is 13.1 Å². The number of ketones is 1. The molecule has 6 nitrogen and oxygen atoms in total. The first-order valence-electron chi connectivity index (χ1n) is 9.81. The van der Waals surface area contributed by atoms with Crippen molar-refractivity contribution in [1.82, 2.24) is 15.0 Å². The van der Waals surface area contributed by atoms with Gasteiger partial charge in [0.1, 0.15) is 0 Å². The fourth-order valence-corrected chi connectivity index (χ4v) is 3.84. The molecule has 0 saturated carbocycles. The third-order valence-electron chi connectivity index (χ3n) is 5.48. The van der Waals surface area contributed by atoms with Crippen LogP contribution in [0.1, 0.15) is 44.8 Å². The van der Waals surface area contributed by atoms with E-state index in [-0.39, 0.29) is 23.3 Å². The van der Waals surface area contributed by atoms with Gasteiger partial charge in [0.05, 0.1) is 0 Å². The second-order valence-corrected chi connectivity index (χ2v) is 7.57. The molecule has 3 aromatic rings. The summed E-state index contributed by atoms with van der Waals surface area (Å²) in [6, 6.07) is 11.2. The van der Waals surface area contributed by atoms with Crippen molar-refractivity contribution in [3.05, 3.63) is 71.2 Å². The second kappa shape index (κ2) is 7.99. The maximum absolute atomic E-state index is 12.9. The summed E-state index contributed by atoms with van der Waals surface area (Å²) >= 11 is 0. The molecule has 1 aliphatic heterocycles. The third-order valence-corrected chi connectivity index (χ3v) is 5.48. The summed E-state index contributed by atoms with van der Waals surface area (Å²) in [6.45, 7) is 5.07. The van der Waals surface area contributed by atoms with E-state index in [1.54, 1.807) is 29.4 Å². The van der Waals surface area contributed by atoms with Crippen molar-refractivity contribution in [2.24, 2.45) is 5.92 Å². The predicted molar refractivity (Wildman–Crippen MR) is 109 cm³/mol. The zero-order valence-electron chi connectivity index (χ0n) is 16.6. The van der Waals surface area contributed by atoms with Crippen LogP contribution in [0.2, 0.25) is 0 Å². The number of hydrogen-bond donors (Lipinski definition) is 0. The molecule has 3 heterocycles. The predicted octanol–water partition coefficient (Wildman–Crippen LogP) is 4.09. The molecular formula is C23H23N3O3. The third kappa shape index (κ3) is 3.97. The van der Waals surface area contributed by atoms with Gasteiger partial charge in [-0.2, -0.15) is 0 Å². The van der Waals surface area contributed by atoms with Gasteiger partial charge in [0.25, 0.3) is 5.91 Å². The van der Waals surface area contributed by atoms with Crippen LogP contribution in [0.25, 0.3) is 11.3 Å². The molecule has 4 rings (SSSR count). The lowest BCUT2D eigenvalue weighted by atomic mass is 9.87. The van der Waals surface area contributed by atoms with Gasteiger partial charge in [-0.1, -0.05) is 28.9 Å².